The van der Waals surface area contributed by atoms with Crippen molar-refractivity contribution in [3.8, 4) is 0 Å². The van der Waals surface area contributed by atoms with Gasteiger partial charge in [-0.05, 0) is 41.8 Å². The van der Waals surface area contributed by atoms with E-state index in [2.05, 4.69) is 27.4 Å². The Hall–Kier alpha value is -3.31. The molecule has 4 aromatic rings. The van der Waals surface area contributed by atoms with Crippen molar-refractivity contribution >= 4 is 34.2 Å². The van der Waals surface area contributed by atoms with E-state index in [0.29, 0.717) is 17.3 Å². The zero-order chi connectivity index (χ0) is 19.8. The molecule has 29 heavy (non-hydrogen) atoms. The summed E-state index contributed by atoms with van der Waals surface area (Å²) in [4.78, 5) is 22.9. The number of aromatic nitrogens is 2. The third-order valence-corrected chi connectivity index (χ3v) is 5.74. The molecule has 5 rings (SSSR count). The number of benzene rings is 2. The summed E-state index contributed by atoms with van der Waals surface area (Å²) in [5, 5.41) is 4.69. The third kappa shape index (κ3) is 3.13. The number of para-hydroxylation sites is 2. The zero-order valence-corrected chi connectivity index (χ0v) is 16.4. The van der Waals surface area contributed by atoms with Gasteiger partial charge in [0.2, 0.25) is 0 Å². The number of pyridine rings is 1. The summed E-state index contributed by atoms with van der Waals surface area (Å²) in [6.45, 7) is 0.602. The number of anilines is 1. The van der Waals surface area contributed by atoms with Crippen LogP contribution in [0.15, 0.2) is 73.1 Å². The normalized spacial score (nSPS) is 15.9. The fourth-order valence-corrected chi connectivity index (χ4v) is 4.28. The predicted octanol–water partition coefficient (Wildman–Crippen LogP) is 5.40. The molecule has 0 saturated carbocycles. The van der Waals surface area contributed by atoms with Crippen LogP contribution in [0.3, 0.4) is 0 Å². The summed E-state index contributed by atoms with van der Waals surface area (Å²) in [7, 11) is 0. The lowest BCUT2D eigenvalue weighted by Crippen LogP contribution is -2.43. The molecule has 5 nitrogen and oxygen atoms in total. The van der Waals surface area contributed by atoms with E-state index in [1.807, 2.05) is 47.5 Å². The summed E-state index contributed by atoms with van der Waals surface area (Å²) in [6, 6.07) is 19.0. The maximum absolute atomic E-state index is 13.3. The lowest BCUT2D eigenvalue weighted by molar-refractivity contribution is 0.193. The van der Waals surface area contributed by atoms with Crippen molar-refractivity contribution < 1.29 is 4.79 Å². The van der Waals surface area contributed by atoms with Crippen LogP contribution >= 0.6 is 11.6 Å². The summed E-state index contributed by atoms with van der Waals surface area (Å²) in [5.41, 5.74) is 4.96. The number of fused-ring (bicyclic) bond motifs is 3. The largest absolute Gasteiger partial charge is 0.356 e. The van der Waals surface area contributed by atoms with Gasteiger partial charge in [0.1, 0.15) is 6.04 Å². The van der Waals surface area contributed by atoms with Crippen molar-refractivity contribution in [2.75, 3.05) is 11.9 Å². The second kappa shape index (κ2) is 7.26. The molecule has 2 aromatic heterocycles. The van der Waals surface area contributed by atoms with E-state index >= 15 is 0 Å². The van der Waals surface area contributed by atoms with Gasteiger partial charge in [0.05, 0.1) is 10.7 Å². The Kier molecular flexibility index (Phi) is 4.45. The maximum atomic E-state index is 13.3. The highest BCUT2D eigenvalue weighted by atomic mass is 35.5. The van der Waals surface area contributed by atoms with Gasteiger partial charge >= 0.3 is 6.03 Å². The van der Waals surface area contributed by atoms with Crippen LogP contribution in [-0.4, -0.2) is 27.4 Å². The minimum absolute atomic E-state index is 0.184. The number of hydrogen-bond acceptors (Lipinski definition) is 2. The van der Waals surface area contributed by atoms with Crippen LogP contribution in [0, 0.1) is 0 Å². The summed E-state index contributed by atoms with van der Waals surface area (Å²) in [5.74, 6) is 0. The molecular weight excluding hydrogens is 384 g/mol. The van der Waals surface area contributed by atoms with Crippen molar-refractivity contribution in [3.05, 3.63) is 94.9 Å². The zero-order valence-electron chi connectivity index (χ0n) is 15.6. The first-order valence-corrected chi connectivity index (χ1v) is 9.92. The number of carbonyl (C=O) groups excluding carboxylic acids is 1. The molecule has 2 aromatic carbocycles. The molecular formula is C23H19ClN4O. The topological polar surface area (TPSA) is 61.0 Å². The fourth-order valence-electron chi connectivity index (χ4n) is 4.09. The van der Waals surface area contributed by atoms with E-state index in [0.717, 1.165) is 23.2 Å². The van der Waals surface area contributed by atoms with E-state index in [4.69, 9.17) is 11.6 Å². The molecule has 0 bridgehead atoms. The van der Waals surface area contributed by atoms with E-state index < -0.39 is 0 Å². The molecule has 1 atom stereocenters. The number of amides is 2. The van der Waals surface area contributed by atoms with Crippen molar-refractivity contribution in [1.82, 2.24) is 14.9 Å². The molecule has 0 radical (unpaired) electrons. The molecule has 1 aliphatic rings. The first-order valence-electron chi connectivity index (χ1n) is 9.54. The van der Waals surface area contributed by atoms with Crippen LogP contribution < -0.4 is 5.32 Å². The van der Waals surface area contributed by atoms with Crippen molar-refractivity contribution in [3.63, 3.8) is 0 Å². The molecule has 3 heterocycles. The van der Waals surface area contributed by atoms with Gasteiger partial charge in [-0.3, -0.25) is 4.98 Å². The number of nitrogens with one attached hydrogen (secondary N) is 2. The van der Waals surface area contributed by atoms with Gasteiger partial charge in [0.15, 0.2) is 0 Å². The van der Waals surface area contributed by atoms with Gasteiger partial charge in [-0.25, -0.2) is 4.79 Å². The fraction of sp³-hybridized carbons (Fsp3) is 0.130. The average Bonchev–Trinajstić information content (AvgIpc) is 3.14. The number of H-pyrrole nitrogens is 1. The van der Waals surface area contributed by atoms with Crippen LogP contribution in [0.5, 0.6) is 0 Å². The summed E-state index contributed by atoms with van der Waals surface area (Å²) in [6.07, 6.45) is 4.35. The van der Waals surface area contributed by atoms with E-state index in [1.54, 1.807) is 18.3 Å². The monoisotopic (exact) mass is 402 g/mol. The molecule has 144 valence electrons. The lowest BCUT2D eigenvalue weighted by Gasteiger charge is -2.36. The molecule has 1 aliphatic heterocycles. The van der Waals surface area contributed by atoms with Crippen LogP contribution in [0.4, 0.5) is 10.5 Å². The minimum atomic E-state index is -0.248. The SMILES string of the molecule is O=C(Nc1ccccc1Cl)N1CCc2c([nH]c3ccccc23)[C@H]1c1cccnc1. The summed E-state index contributed by atoms with van der Waals surface area (Å²) >= 11 is 6.25. The van der Waals surface area contributed by atoms with Crippen molar-refractivity contribution in [2.45, 2.75) is 12.5 Å². The molecule has 0 fully saturated rings. The number of urea groups is 1. The second-order valence-electron chi connectivity index (χ2n) is 7.11. The van der Waals surface area contributed by atoms with E-state index in [-0.39, 0.29) is 12.1 Å². The number of halogens is 1. The first-order chi connectivity index (χ1) is 14.2. The highest BCUT2D eigenvalue weighted by Crippen LogP contribution is 2.38. The average molecular weight is 403 g/mol. The Morgan fingerprint density at radius 3 is 2.76 bits per heavy atom. The van der Waals surface area contributed by atoms with Gasteiger partial charge in [-0.2, -0.15) is 0 Å². The number of aromatic amines is 1. The number of hydrogen-bond donors (Lipinski definition) is 2. The lowest BCUT2D eigenvalue weighted by atomic mass is 9.93. The quantitative estimate of drug-likeness (QED) is 0.471. The third-order valence-electron chi connectivity index (χ3n) is 5.41. The van der Waals surface area contributed by atoms with E-state index in [9.17, 15) is 4.79 Å². The van der Waals surface area contributed by atoms with E-state index in [1.165, 1.54) is 10.9 Å². The number of carbonyl (C=O) groups is 1. The van der Waals surface area contributed by atoms with Gasteiger partial charge in [0.25, 0.3) is 0 Å². The molecule has 0 aliphatic carbocycles. The Balaban J connectivity index is 1.58. The smallest absolute Gasteiger partial charge is 0.322 e. The van der Waals surface area contributed by atoms with Gasteiger partial charge in [-0.15, -0.1) is 0 Å². The Morgan fingerprint density at radius 2 is 1.93 bits per heavy atom. The number of rotatable bonds is 2. The minimum Gasteiger partial charge on any atom is -0.356 e. The van der Waals surface area contributed by atoms with Crippen LogP contribution in [0.2, 0.25) is 5.02 Å². The van der Waals surface area contributed by atoms with Crippen molar-refractivity contribution in [2.24, 2.45) is 0 Å². The molecule has 0 spiro atoms. The Morgan fingerprint density at radius 1 is 1.10 bits per heavy atom. The maximum Gasteiger partial charge on any atom is 0.322 e. The first kappa shape index (κ1) is 17.8. The van der Waals surface area contributed by atoms with Gasteiger partial charge in [0, 0.05) is 35.5 Å². The standard InChI is InChI=1S/C23H19ClN4O/c24-18-8-2-4-10-20(18)27-23(29)28-13-11-17-16-7-1-3-9-19(16)26-21(17)22(28)15-6-5-12-25-14-15/h1-10,12,14,22,26H,11,13H2,(H,27,29)/t22-/m1/s1. The van der Waals surface area contributed by atoms with Gasteiger partial charge in [-0.1, -0.05) is 48.0 Å². The molecule has 2 N–H and O–H groups in total. The molecule has 2 amide bonds. The van der Waals surface area contributed by atoms with Crippen LogP contribution in [0.1, 0.15) is 22.9 Å². The van der Waals surface area contributed by atoms with Crippen LogP contribution in [0.25, 0.3) is 10.9 Å². The highest BCUT2D eigenvalue weighted by molar-refractivity contribution is 6.33. The predicted molar refractivity (Wildman–Crippen MR) is 115 cm³/mol. The van der Waals surface area contributed by atoms with Gasteiger partial charge < -0.3 is 15.2 Å². The number of nitrogens with zero attached hydrogens (tertiary/aromatic N) is 2. The highest BCUT2D eigenvalue weighted by Gasteiger charge is 2.34. The Labute approximate surface area is 173 Å². The second-order valence-corrected chi connectivity index (χ2v) is 7.51. The molecule has 6 heteroatoms. The molecule has 0 saturated heterocycles. The molecule has 0 unspecified atom stereocenters. The van der Waals surface area contributed by atoms with Crippen molar-refractivity contribution in [1.29, 1.82) is 0 Å². The summed E-state index contributed by atoms with van der Waals surface area (Å²) < 4.78 is 0. The Bertz CT molecular complexity index is 1190. The van der Waals surface area contributed by atoms with Crippen LogP contribution in [-0.2, 0) is 6.42 Å².